The van der Waals surface area contributed by atoms with Crippen LogP contribution in [-0.2, 0) is 6.42 Å². The first-order valence-electron chi connectivity index (χ1n) is 7.56. The average Bonchev–Trinajstić information content (AvgIpc) is 2.45. The van der Waals surface area contributed by atoms with E-state index in [4.69, 9.17) is 4.74 Å². The maximum Gasteiger partial charge on any atom is 0.147 e. The summed E-state index contributed by atoms with van der Waals surface area (Å²) in [6, 6.07) is 4.21. The Hall–Kier alpha value is -0.100. The number of halogens is 2. The Kier molecular flexibility index (Phi) is 6.53. The quantitative estimate of drug-likeness (QED) is 0.784. The molecule has 1 aromatic carbocycles. The molecule has 5 heteroatoms. The van der Waals surface area contributed by atoms with Crippen molar-refractivity contribution in [3.8, 4) is 5.75 Å². The van der Waals surface area contributed by atoms with Crippen molar-refractivity contribution in [3.63, 3.8) is 0 Å². The molecule has 0 saturated carbocycles. The number of aliphatic hydroxyl groups excluding tert-OH is 1. The first-order chi connectivity index (χ1) is 10.0. The molecule has 3 nitrogen and oxygen atoms in total. The van der Waals surface area contributed by atoms with Gasteiger partial charge in [0.2, 0.25) is 0 Å². The fraction of sp³-hybridized carbons (Fsp3) is 0.625. The number of hydrogen-bond acceptors (Lipinski definition) is 3. The normalized spacial score (nSPS) is 23.3. The summed E-state index contributed by atoms with van der Waals surface area (Å²) in [6.07, 6.45) is 1.57. The van der Waals surface area contributed by atoms with Crippen LogP contribution in [0.5, 0.6) is 5.75 Å². The summed E-state index contributed by atoms with van der Waals surface area (Å²) < 4.78 is 7.55. The van der Waals surface area contributed by atoms with Gasteiger partial charge in [0, 0.05) is 19.0 Å². The largest absolute Gasteiger partial charge is 0.492 e. The van der Waals surface area contributed by atoms with Gasteiger partial charge in [-0.05, 0) is 75.9 Å². The van der Waals surface area contributed by atoms with Gasteiger partial charge in [0.15, 0.2) is 0 Å². The zero-order valence-corrected chi connectivity index (χ0v) is 15.8. The van der Waals surface area contributed by atoms with Crippen LogP contribution in [0, 0.1) is 5.92 Å². The molecular weight excluding hydrogens is 398 g/mol. The predicted octanol–water partition coefficient (Wildman–Crippen LogP) is 3.86. The second-order valence-electron chi connectivity index (χ2n) is 5.54. The van der Waals surface area contributed by atoms with Gasteiger partial charge in [-0.1, -0.05) is 6.92 Å². The molecule has 2 unspecified atom stereocenters. The third-order valence-corrected chi connectivity index (χ3v) is 5.25. The molecule has 118 valence electrons. The molecule has 2 atom stereocenters. The molecule has 0 amide bonds. The Balaban J connectivity index is 2.11. The van der Waals surface area contributed by atoms with E-state index < -0.39 is 0 Å². The zero-order valence-electron chi connectivity index (χ0n) is 12.6. The number of benzene rings is 1. The number of nitrogens with zero attached hydrogens (tertiary/aromatic N) is 1. The van der Waals surface area contributed by atoms with Gasteiger partial charge in [0.25, 0.3) is 0 Å². The van der Waals surface area contributed by atoms with Crippen LogP contribution >= 0.6 is 31.9 Å². The summed E-state index contributed by atoms with van der Waals surface area (Å²) in [4.78, 5) is 2.41. The predicted molar refractivity (Wildman–Crippen MR) is 92.9 cm³/mol. The van der Waals surface area contributed by atoms with Crippen molar-refractivity contribution >= 4 is 31.9 Å². The summed E-state index contributed by atoms with van der Waals surface area (Å²) in [5.41, 5.74) is 1.22. The van der Waals surface area contributed by atoms with Crippen molar-refractivity contribution in [2.45, 2.75) is 32.8 Å². The van der Waals surface area contributed by atoms with Crippen molar-refractivity contribution in [1.29, 1.82) is 0 Å². The number of likely N-dealkylation sites (tertiary alicyclic amines) is 1. The highest BCUT2D eigenvalue weighted by Gasteiger charge is 2.27. The van der Waals surface area contributed by atoms with Crippen molar-refractivity contribution < 1.29 is 9.84 Å². The molecule has 0 spiro atoms. The number of aliphatic hydroxyl groups is 1. The lowest BCUT2D eigenvalue weighted by molar-refractivity contribution is 0.0290. The lowest BCUT2D eigenvalue weighted by Gasteiger charge is -2.35. The number of hydrogen-bond donors (Lipinski definition) is 1. The molecule has 1 N–H and O–H groups in total. The SMILES string of the molecule is CCOc1c(Br)cc(CC2CN(CC)CCC2O)cc1Br. The maximum absolute atomic E-state index is 10.2. The summed E-state index contributed by atoms with van der Waals surface area (Å²) in [5, 5.41) is 10.2. The van der Waals surface area contributed by atoms with E-state index in [0.29, 0.717) is 12.5 Å². The number of rotatable bonds is 5. The smallest absolute Gasteiger partial charge is 0.147 e. The van der Waals surface area contributed by atoms with E-state index in [-0.39, 0.29) is 6.10 Å². The number of ether oxygens (including phenoxy) is 1. The highest BCUT2D eigenvalue weighted by Crippen LogP contribution is 2.36. The Bertz CT molecular complexity index is 458. The van der Waals surface area contributed by atoms with Gasteiger partial charge in [-0.15, -0.1) is 0 Å². The highest BCUT2D eigenvalue weighted by molar-refractivity contribution is 9.11. The van der Waals surface area contributed by atoms with E-state index >= 15 is 0 Å². The molecule has 1 fully saturated rings. The van der Waals surface area contributed by atoms with Crippen LogP contribution in [0.4, 0.5) is 0 Å². The molecule has 1 aliphatic rings. The van der Waals surface area contributed by atoms with E-state index in [1.165, 1.54) is 5.56 Å². The van der Waals surface area contributed by atoms with Crippen LogP contribution in [0.25, 0.3) is 0 Å². The topological polar surface area (TPSA) is 32.7 Å². The van der Waals surface area contributed by atoms with Gasteiger partial charge < -0.3 is 14.7 Å². The Morgan fingerprint density at radius 2 is 1.95 bits per heavy atom. The summed E-state index contributed by atoms with van der Waals surface area (Å²) in [5.74, 6) is 1.15. The summed E-state index contributed by atoms with van der Waals surface area (Å²) in [6.45, 7) is 7.83. The number of piperidine rings is 1. The van der Waals surface area contributed by atoms with Gasteiger partial charge in [0.05, 0.1) is 21.7 Å². The van der Waals surface area contributed by atoms with E-state index in [2.05, 4.69) is 55.8 Å². The molecule has 1 aromatic rings. The van der Waals surface area contributed by atoms with Gasteiger partial charge in [-0.25, -0.2) is 0 Å². The third kappa shape index (κ3) is 4.44. The van der Waals surface area contributed by atoms with Crippen LogP contribution in [0.2, 0.25) is 0 Å². The molecular formula is C16H23Br2NO2. The molecule has 1 saturated heterocycles. The summed E-state index contributed by atoms with van der Waals surface area (Å²) in [7, 11) is 0. The van der Waals surface area contributed by atoms with E-state index in [9.17, 15) is 5.11 Å². The lowest BCUT2D eigenvalue weighted by atomic mass is 9.89. The van der Waals surface area contributed by atoms with Gasteiger partial charge in [-0.2, -0.15) is 0 Å². The fourth-order valence-electron chi connectivity index (χ4n) is 2.90. The van der Waals surface area contributed by atoms with Crippen LogP contribution in [0.1, 0.15) is 25.8 Å². The minimum absolute atomic E-state index is 0.197. The molecule has 2 rings (SSSR count). The van der Waals surface area contributed by atoms with Crippen molar-refractivity contribution in [2.24, 2.45) is 5.92 Å². The van der Waals surface area contributed by atoms with Crippen molar-refractivity contribution in [3.05, 3.63) is 26.6 Å². The van der Waals surface area contributed by atoms with Crippen LogP contribution in [0.3, 0.4) is 0 Å². The molecule has 0 radical (unpaired) electrons. The Morgan fingerprint density at radius 1 is 1.29 bits per heavy atom. The second kappa shape index (κ2) is 7.95. The Morgan fingerprint density at radius 3 is 2.52 bits per heavy atom. The van der Waals surface area contributed by atoms with Crippen LogP contribution in [0.15, 0.2) is 21.1 Å². The average molecular weight is 421 g/mol. The van der Waals surface area contributed by atoms with Gasteiger partial charge >= 0.3 is 0 Å². The van der Waals surface area contributed by atoms with Crippen LogP contribution < -0.4 is 4.74 Å². The molecule has 21 heavy (non-hydrogen) atoms. The maximum atomic E-state index is 10.2. The first kappa shape index (κ1) is 17.3. The zero-order chi connectivity index (χ0) is 15.4. The van der Waals surface area contributed by atoms with E-state index in [1.54, 1.807) is 0 Å². The van der Waals surface area contributed by atoms with Crippen molar-refractivity contribution in [1.82, 2.24) is 4.90 Å². The molecule has 1 aliphatic heterocycles. The third-order valence-electron chi connectivity index (χ3n) is 4.07. The molecule has 1 heterocycles. The molecule has 0 aromatic heterocycles. The minimum atomic E-state index is -0.197. The Labute approximate surface area is 143 Å². The minimum Gasteiger partial charge on any atom is -0.492 e. The molecule has 0 bridgehead atoms. The monoisotopic (exact) mass is 419 g/mol. The lowest BCUT2D eigenvalue weighted by Crippen LogP contribution is -2.43. The fourth-order valence-corrected chi connectivity index (χ4v) is 4.41. The van der Waals surface area contributed by atoms with Gasteiger partial charge in [-0.3, -0.25) is 0 Å². The van der Waals surface area contributed by atoms with E-state index in [1.807, 2.05) is 6.92 Å². The highest BCUT2D eigenvalue weighted by atomic mass is 79.9. The summed E-state index contributed by atoms with van der Waals surface area (Å²) >= 11 is 7.15. The second-order valence-corrected chi connectivity index (χ2v) is 7.24. The standard InChI is InChI=1S/C16H23Br2NO2/c1-3-19-6-5-15(20)12(10-19)7-11-8-13(17)16(21-4-2)14(18)9-11/h8-9,12,15,20H,3-7,10H2,1-2H3. The van der Waals surface area contributed by atoms with Crippen LogP contribution in [-0.4, -0.2) is 42.4 Å². The van der Waals surface area contributed by atoms with Gasteiger partial charge in [0.1, 0.15) is 5.75 Å². The first-order valence-corrected chi connectivity index (χ1v) is 9.14. The van der Waals surface area contributed by atoms with Crippen molar-refractivity contribution in [2.75, 3.05) is 26.2 Å². The molecule has 0 aliphatic carbocycles. The van der Waals surface area contributed by atoms with E-state index in [0.717, 1.165) is 47.2 Å².